The molecular formula is C23H21ClFN5O3S. The van der Waals surface area contributed by atoms with Crippen molar-refractivity contribution in [3.8, 4) is 5.75 Å². The molecular weight excluding hydrogens is 481 g/mol. The summed E-state index contributed by atoms with van der Waals surface area (Å²) in [7, 11) is 0. The molecule has 2 N–H and O–H groups in total. The van der Waals surface area contributed by atoms with Crippen molar-refractivity contribution < 1.29 is 18.7 Å². The smallest absolute Gasteiger partial charge is 0.262 e. The van der Waals surface area contributed by atoms with Crippen molar-refractivity contribution in [1.29, 1.82) is 0 Å². The molecule has 0 aliphatic rings. The molecule has 1 heterocycles. The fourth-order valence-electron chi connectivity index (χ4n) is 2.71. The normalized spacial score (nSPS) is 10.8. The minimum Gasteiger partial charge on any atom is -0.482 e. The quantitative estimate of drug-likeness (QED) is 0.197. The van der Waals surface area contributed by atoms with Crippen LogP contribution in [-0.2, 0) is 9.59 Å². The van der Waals surface area contributed by atoms with Gasteiger partial charge in [-0.2, -0.15) is 5.10 Å². The van der Waals surface area contributed by atoms with Crippen LogP contribution >= 0.6 is 23.4 Å². The Morgan fingerprint density at radius 2 is 1.85 bits per heavy atom. The summed E-state index contributed by atoms with van der Waals surface area (Å²) in [5.41, 5.74) is 4.78. The minimum atomic E-state index is -0.540. The first-order valence-electron chi connectivity index (χ1n) is 10.0. The van der Waals surface area contributed by atoms with E-state index >= 15 is 0 Å². The van der Waals surface area contributed by atoms with E-state index in [0.29, 0.717) is 10.7 Å². The van der Waals surface area contributed by atoms with Gasteiger partial charge in [0.2, 0.25) is 0 Å². The summed E-state index contributed by atoms with van der Waals surface area (Å²) in [5.74, 6) is -0.990. The Hall–Kier alpha value is -3.50. The Kier molecular flexibility index (Phi) is 8.94. The topological polar surface area (TPSA) is 106 Å². The largest absolute Gasteiger partial charge is 0.482 e. The standard InChI is InChI=1S/C23H21ClFN5O3S/c1-14-9-15(2)28-23(27-14)34-13-22(32)30-26-11-16-7-8-20(17(24)10-16)33-12-21(31)29-19-6-4-3-5-18(19)25/h3-11H,12-13H2,1-2H3,(H,29,31)(H,30,32)/b26-11-. The summed E-state index contributed by atoms with van der Waals surface area (Å²) in [6.45, 7) is 3.38. The molecule has 0 unspecified atom stereocenters. The van der Waals surface area contributed by atoms with E-state index in [1.807, 2.05) is 19.9 Å². The lowest BCUT2D eigenvalue weighted by Crippen LogP contribution is -2.21. The summed E-state index contributed by atoms with van der Waals surface area (Å²) in [4.78, 5) is 32.5. The van der Waals surface area contributed by atoms with Gasteiger partial charge in [0.05, 0.1) is 22.7 Å². The summed E-state index contributed by atoms with van der Waals surface area (Å²) in [6, 6.07) is 12.5. The van der Waals surface area contributed by atoms with E-state index in [1.54, 1.807) is 24.3 Å². The maximum Gasteiger partial charge on any atom is 0.262 e. The molecule has 3 aromatic rings. The zero-order valence-corrected chi connectivity index (χ0v) is 19.9. The average molecular weight is 502 g/mol. The summed E-state index contributed by atoms with van der Waals surface area (Å²) < 4.78 is 19.0. The van der Waals surface area contributed by atoms with Crippen molar-refractivity contribution in [2.45, 2.75) is 19.0 Å². The Morgan fingerprint density at radius 1 is 1.12 bits per heavy atom. The van der Waals surface area contributed by atoms with Gasteiger partial charge in [-0.25, -0.2) is 19.8 Å². The second kappa shape index (κ2) is 12.1. The lowest BCUT2D eigenvalue weighted by Gasteiger charge is -2.09. The number of para-hydroxylation sites is 1. The predicted octanol–water partition coefficient (Wildman–Crippen LogP) is 4.15. The van der Waals surface area contributed by atoms with Crippen molar-refractivity contribution in [1.82, 2.24) is 15.4 Å². The highest BCUT2D eigenvalue weighted by Crippen LogP contribution is 2.25. The van der Waals surface area contributed by atoms with Gasteiger partial charge in [0.15, 0.2) is 11.8 Å². The number of nitrogens with one attached hydrogen (secondary N) is 2. The first kappa shape index (κ1) is 25.1. The number of thioether (sulfide) groups is 1. The van der Waals surface area contributed by atoms with Crippen molar-refractivity contribution in [3.63, 3.8) is 0 Å². The van der Waals surface area contributed by atoms with E-state index in [9.17, 15) is 14.0 Å². The third-order valence-electron chi connectivity index (χ3n) is 4.16. The number of aromatic nitrogens is 2. The molecule has 0 saturated heterocycles. The van der Waals surface area contributed by atoms with Crippen LogP contribution in [-0.4, -0.2) is 40.4 Å². The van der Waals surface area contributed by atoms with E-state index in [2.05, 4.69) is 25.8 Å². The molecule has 8 nitrogen and oxygen atoms in total. The first-order chi connectivity index (χ1) is 16.3. The number of nitrogens with zero attached hydrogens (tertiary/aromatic N) is 3. The highest BCUT2D eigenvalue weighted by Gasteiger charge is 2.09. The molecule has 34 heavy (non-hydrogen) atoms. The number of anilines is 1. The van der Waals surface area contributed by atoms with Gasteiger partial charge in [-0.15, -0.1) is 0 Å². The number of hydrogen-bond donors (Lipinski definition) is 2. The van der Waals surface area contributed by atoms with Gasteiger partial charge in [0.25, 0.3) is 11.8 Å². The third-order valence-corrected chi connectivity index (χ3v) is 5.30. The lowest BCUT2D eigenvalue weighted by atomic mass is 10.2. The second-order valence-electron chi connectivity index (χ2n) is 7.02. The van der Waals surface area contributed by atoms with E-state index in [1.165, 1.54) is 36.2 Å². The fraction of sp³-hybridized carbons (Fsp3) is 0.174. The number of carbonyl (C=O) groups excluding carboxylic acids is 2. The molecule has 0 saturated carbocycles. The lowest BCUT2D eigenvalue weighted by molar-refractivity contribution is -0.119. The highest BCUT2D eigenvalue weighted by molar-refractivity contribution is 7.99. The number of halogens is 2. The van der Waals surface area contributed by atoms with Crippen LogP contribution in [0.25, 0.3) is 0 Å². The molecule has 2 aromatic carbocycles. The number of rotatable bonds is 9. The maximum atomic E-state index is 13.6. The first-order valence-corrected chi connectivity index (χ1v) is 11.4. The zero-order chi connectivity index (χ0) is 24.5. The number of hydrazone groups is 1. The second-order valence-corrected chi connectivity index (χ2v) is 8.37. The van der Waals surface area contributed by atoms with Crippen LogP contribution in [0.15, 0.2) is 58.8 Å². The summed E-state index contributed by atoms with van der Waals surface area (Å²) in [5, 5.41) is 7.11. The summed E-state index contributed by atoms with van der Waals surface area (Å²) in [6.07, 6.45) is 1.43. The molecule has 2 amide bonds. The Labute approximate surface area is 205 Å². The highest BCUT2D eigenvalue weighted by atomic mass is 35.5. The Morgan fingerprint density at radius 3 is 2.56 bits per heavy atom. The van der Waals surface area contributed by atoms with Gasteiger partial charge >= 0.3 is 0 Å². The van der Waals surface area contributed by atoms with Crippen LogP contribution < -0.4 is 15.5 Å². The van der Waals surface area contributed by atoms with Gasteiger partial charge in [-0.05, 0) is 55.8 Å². The molecule has 11 heteroatoms. The third kappa shape index (κ3) is 7.82. The van der Waals surface area contributed by atoms with Crippen molar-refractivity contribution in [3.05, 3.63) is 76.3 Å². The van der Waals surface area contributed by atoms with Gasteiger partial charge in [-0.3, -0.25) is 9.59 Å². The van der Waals surface area contributed by atoms with Crippen LogP contribution in [0.1, 0.15) is 17.0 Å². The molecule has 0 atom stereocenters. The van der Waals surface area contributed by atoms with Crippen molar-refractivity contribution >= 4 is 47.1 Å². The molecule has 3 rings (SSSR count). The molecule has 0 radical (unpaired) electrons. The molecule has 0 aliphatic carbocycles. The number of amides is 2. The van der Waals surface area contributed by atoms with Crippen molar-refractivity contribution in [2.24, 2.45) is 5.10 Å². The van der Waals surface area contributed by atoms with Gasteiger partial charge in [0, 0.05) is 11.4 Å². The Balaban J connectivity index is 1.46. The van der Waals surface area contributed by atoms with Crippen LogP contribution in [0.4, 0.5) is 10.1 Å². The number of ether oxygens (including phenoxy) is 1. The van der Waals surface area contributed by atoms with Crippen LogP contribution in [0.3, 0.4) is 0 Å². The van der Waals surface area contributed by atoms with Gasteiger partial charge in [0.1, 0.15) is 11.6 Å². The fourth-order valence-corrected chi connectivity index (χ4v) is 3.69. The molecule has 0 fully saturated rings. The van der Waals surface area contributed by atoms with Crippen LogP contribution in [0, 0.1) is 19.7 Å². The van der Waals surface area contributed by atoms with Crippen LogP contribution in [0.2, 0.25) is 5.02 Å². The van der Waals surface area contributed by atoms with Gasteiger partial charge < -0.3 is 10.1 Å². The SMILES string of the molecule is Cc1cc(C)nc(SCC(=O)N/N=C\c2ccc(OCC(=O)Nc3ccccc3F)c(Cl)c2)n1. The van der Waals surface area contributed by atoms with E-state index in [4.69, 9.17) is 16.3 Å². The molecule has 0 bridgehead atoms. The Bertz CT molecular complexity index is 1200. The van der Waals surface area contributed by atoms with Crippen LogP contribution in [0.5, 0.6) is 5.75 Å². The van der Waals surface area contributed by atoms with Crippen molar-refractivity contribution in [2.75, 3.05) is 17.7 Å². The number of benzene rings is 2. The zero-order valence-electron chi connectivity index (χ0n) is 18.3. The van der Waals surface area contributed by atoms with E-state index in [0.717, 1.165) is 11.4 Å². The number of aryl methyl sites for hydroxylation is 2. The molecule has 0 aliphatic heterocycles. The van der Waals surface area contributed by atoms with E-state index in [-0.39, 0.29) is 34.7 Å². The summed E-state index contributed by atoms with van der Waals surface area (Å²) >= 11 is 7.42. The predicted molar refractivity (Wildman–Crippen MR) is 130 cm³/mol. The van der Waals surface area contributed by atoms with Gasteiger partial charge in [-0.1, -0.05) is 35.5 Å². The monoisotopic (exact) mass is 501 g/mol. The maximum absolute atomic E-state index is 13.6. The van der Waals surface area contributed by atoms with E-state index < -0.39 is 11.7 Å². The number of carbonyl (C=O) groups is 2. The molecule has 176 valence electrons. The average Bonchev–Trinajstić information content (AvgIpc) is 2.78. The minimum absolute atomic E-state index is 0.0655. The molecule has 1 aromatic heterocycles. The number of hydrogen-bond acceptors (Lipinski definition) is 7. The molecule has 0 spiro atoms.